The van der Waals surface area contributed by atoms with Crippen LogP contribution in [0.3, 0.4) is 0 Å². The van der Waals surface area contributed by atoms with Gasteiger partial charge in [-0.1, -0.05) is 30.3 Å². The third-order valence-electron chi connectivity index (χ3n) is 2.99. The molecule has 1 heterocycles. The molecule has 2 nitrogen and oxygen atoms in total. The molecule has 0 unspecified atom stereocenters. The smallest absolute Gasteiger partial charge is 0.126 e. The number of thiazole rings is 1. The predicted molar refractivity (Wildman–Crippen MR) is 78.4 cm³/mol. The predicted octanol–water partition coefficient (Wildman–Crippen LogP) is 4.25. The van der Waals surface area contributed by atoms with Gasteiger partial charge in [-0.25, -0.2) is 9.37 Å². The second-order valence-corrected chi connectivity index (χ2v) is 5.39. The second kappa shape index (κ2) is 5.43. The maximum atomic E-state index is 13.6. The Morgan fingerprint density at radius 2 is 1.95 bits per heavy atom. The lowest BCUT2D eigenvalue weighted by Crippen LogP contribution is -1.91. The Morgan fingerprint density at radius 3 is 2.75 bits per heavy atom. The summed E-state index contributed by atoms with van der Waals surface area (Å²) in [5.74, 6) is 0.00718. The van der Waals surface area contributed by atoms with Crippen molar-refractivity contribution >= 4 is 11.3 Å². The van der Waals surface area contributed by atoms with Crippen molar-refractivity contribution in [1.82, 2.24) is 4.98 Å². The highest BCUT2D eigenvalue weighted by Gasteiger charge is 2.08. The van der Waals surface area contributed by atoms with Crippen LogP contribution in [0.15, 0.2) is 53.9 Å². The van der Waals surface area contributed by atoms with Gasteiger partial charge in [0.1, 0.15) is 11.6 Å². The van der Waals surface area contributed by atoms with Crippen molar-refractivity contribution in [3.05, 3.63) is 70.3 Å². The summed E-state index contributed by atoms with van der Waals surface area (Å²) >= 11 is 1.49. The van der Waals surface area contributed by atoms with Gasteiger partial charge in [0.05, 0.1) is 10.7 Å². The van der Waals surface area contributed by atoms with Crippen LogP contribution in [0.25, 0.3) is 11.3 Å². The molecule has 20 heavy (non-hydrogen) atoms. The second-order valence-electron chi connectivity index (χ2n) is 4.44. The number of halogens is 1. The highest BCUT2D eigenvalue weighted by atomic mass is 32.1. The van der Waals surface area contributed by atoms with Crippen molar-refractivity contribution < 1.29 is 9.50 Å². The number of hydrogen-bond acceptors (Lipinski definition) is 3. The van der Waals surface area contributed by atoms with E-state index in [1.807, 2.05) is 17.5 Å². The molecule has 0 amide bonds. The fraction of sp³-hybridized carbons (Fsp3) is 0.0625. The third-order valence-corrected chi connectivity index (χ3v) is 3.84. The van der Waals surface area contributed by atoms with E-state index in [4.69, 9.17) is 0 Å². The molecular weight excluding hydrogens is 273 g/mol. The molecule has 100 valence electrons. The molecule has 3 aromatic rings. The Morgan fingerprint density at radius 1 is 1.10 bits per heavy atom. The van der Waals surface area contributed by atoms with Gasteiger partial charge in [0.2, 0.25) is 0 Å². The Hall–Kier alpha value is -2.20. The molecule has 0 aliphatic rings. The lowest BCUT2D eigenvalue weighted by molar-refractivity contribution is 0.475. The van der Waals surface area contributed by atoms with E-state index >= 15 is 0 Å². The summed E-state index contributed by atoms with van der Waals surface area (Å²) in [5, 5.41) is 12.3. The van der Waals surface area contributed by atoms with Gasteiger partial charge in [-0.15, -0.1) is 11.3 Å². The first-order chi connectivity index (χ1) is 9.72. The van der Waals surface area contributed by atoms with Crippen LogP contribution in [-0.4, -0.2) is 10.1 Å². The van der Waals surface area contributed by atoms with Gasteiger partial charge >= 0.3 is 0 Å². The fourth-order valence-corrected chi connectivity index (χ4v) is 2.82. The number of aromatic nitrogens is 1. The van der Waals surface area contributed by atoms with Crippen LogP contribution >= 0.6 is 11.3 Å². The van der Waals surface area contributed by atoms with Gasteiger partial charge in [-0.3, -0.25) is 0 Å². The highest BCUT2D eigenvalue weighted by molar-refractivity contribution is 7.10. The minimum atomic E-state index is -0.207. The molecule has 0 atom stereocenters. The summed E-state index contributed by atoms with van der Waals surface area (Å²) in [6, 6.07) is 13.7. The molecule has 2 aromatic carbocycles. The van der Waals surface area contributed by atoms with E-state index in [9.17, 15) is 9.50 Å². The number of phenolic OH excluding ortho intramolecular Hbond substituents is 1. The number of hydrogen-bond donors (Lipinski definition) is 1. The molecule has 0 saturated heterocycles. The van der Waals surface area contributed by atoms with Crippen LogP contribution in [0, 0.1) is 5.82 Å². The Labute approximate surface area is 120 Å². The Balaban J connectivity index is 1.86. The average molecular weight is 285 g/mol. The summed E-state index contributed by atoms with van der Waals surface area (Å²) in [4.78, 5) is 4.50. The minimum absolute atomic E-state index is 0.207. The number of aromatic hydroxyl groups is 1. The summed E-state index contributed by atoms with van der Waals surface area (Å²) in [7, 11) is 0. The first-order valence-electron chi connectivity index (χ1n) is 6.19. The highest BCUT2D eigenvalue weighted by Crippen LogP contribution is 2.26. The van der Waals surface area contributed by atoms with Crippen LogP contribution < -0.4 is 0 Å². The van der Waals surface area contributed by atoms with Crippen molar-refractivity contribution in [2.45, 2.75) is 6.42 Å². The monoisotopic (exact) mass is 285 g/mol. The molecule has 0 saturated carbocycles. The van der Waals surface area contributed by atoms with Gasteiger partial charge in [-0.05, 0) is 23.8 Å². The SMILES string of the molecule is Oc1cccc(-c2csc(Cc3ccccc3F)n2)c1. The Bertz CT molecular complexity index is 739. The van der Waals surface area contributed by atoms with Crippen molar-refractivity contribution in [3.8, 4) is 17.0 Å². The molecular formula is C16H12FNOS. The first kappa shape index (κ1) is 12.8. The summed E-state index contributed by atoms with van der Waals surface area (Å²) in [6.07, 6.45) is 0.482. The van der Waals surface area contributed by atoms with Gasteiger partial charge in [0.25, 0.3) is 0 Å². The first-order valence-corrected chi connectivity index (χ1v) is 7.07. The zero-order chi connectivity index (χ0) is 13.9. The molecule has 4 heteroatoms. The van der Waals surface area contributed by atoms with Crippen molar-refractivity contribution in [3.63, 3.8) is 0 Å². The van der Waals surface area contributed by atoms with E-state index in [0.29, 0.717) is 12.0 Å². The minimum Gasteiger partial charge on any atom is -0.508 e. The maximum Gasteiger partial charge on any atom is 0.126 e. The fourth-order valence-electron chi connectivity index (χ4n) is 1.99. The maximum absolute atomic E-state index is 13.6. The number of rotatable bonds is 3. The molecule has 1 aromatic heterocycles. The lowest BCUT2D eigenvalue weighted by atomic mass is 10.1. The van der Waals surface area contributed by atoms with Crippen molar-refractivity contribution in [2.24, 2.45) is 0 Å². The molecule has 1 N–H and O–H groups in total. The summed E-state index contributed by atoms with van der Waals surface area (Å²) in [6.45, 7) is 0. The van der Waals surface area contributed by atoms with Gasteiger partial charge in [0.15, 0.2) is 0 Å². The standard InChI is InChI=1S/C16H12FNOS/c17-14-7-2-1-4-11(14)9-16-18-15(10-20-16)12-5-3-6-13(19)8-12/h1-8,10,19H,9H2. The molecule has 0 spiro atoms. The quantitative estimate of drug-likeness (QED) is 0.780. The summed E-state index contributed by atoms with van der Waals surface area (Å²) in [5.41, 5.74) is 2.31. The zero-order valence-electron chi connectivity index (χ0n) is 10.6. The Kier molecular flexibility index (Phi) is 3.48. The number of benzene rings is 2. The van der Waals surface area contributed by atoms with E-state index in [1.165, 1.54) is 17.4 Å². The average Bonchev–Trinajstić information content (AvgIpc) is 2.90. The number of nitrogens with zero attached hydrogens (tertiary/aromatic N) is 1. The van der Waals surface area contributed by atoms with Gasteiger partial charge in [-0.2, -0.15) is 0 Å². The molecule has 0 aliphatic carbocycles. The van der Waals surface area contributed by atoms with Crippen molar-refractivity contribution in [2.75, 3.05) is 0 Å². The van der Waals surface area contributed by atoms with E-state index in [2.05, 4.69) is 4.98 Å². The van der Waals surface area contributed by atoms with E-state index in [0.717, 1.165) is 16.3 Å². The molecule has 0 bridgehead atoms. The van der Waals surface area contributed by atoms with Gasteiger partial charge in [0, 0.05) is 17.4 Å². The van der Waals surface area contributed by atoms with Crippen LogP contribution in [0.1, 0.15) is 10.6 Å². The van der Waals surface area contributed by atoms with E-state index in [-0.39, 0.29) is 11.6 Å². The topological polar surface area (TPSA) is 33.1 Å². The third kappa shape index (κ3) is 2.70. The molecule has 3 rings (SSSR count). The normalized spacial score (nSPS) is 10.7. The van der Waals surface area contributed by atoms with Crippen molar-refractivity contribution in [1.29, 1.82) is 0 Å². The number of phenols is 1. The van der Waals surface area contributed by atoms with Crippen LogP contribution in [0.5, 0.6) is 5.75 Å². The van der Waals surface area contributed by atoms with E-state index in [1.54, 1.807) is 30.3 Å². The van der Waals surface area contributed by atoms with Crippen LogP contribution in [-0.2, 0) is 6.42 Å². The van der Waals surface area contributed by atoms with Crippen LogP contribution in [0.4, 0.5) is 4.39 Å². The van der Waals surface area contributed by atoms with E-state index < -0.39 is 0 Å². The molecule has 0 radical (unpaired) electrons. The molecule has 0 aliphatic heterocycles. The van der Waals surface area contributed by atoms with Crippen LogP contribution in [0.2, 0.25) is 0 Å². The largest absolute Gasteiger partial charge is 0.508 e. The zero-order valence-corrected chi connectivity index (χ0v) is 11.4. The molecule has 0 fully saturated rings. The summed E-state index contributed by atoms with van der Waals surface area (Å²) < 4.78 is 13.6. The van der Waals surface area contributed by atoms with Gasteiger partial charge < -0.3 is 5.11 Å². The lowest BCUT2D eigenvalue weighted by Gasteiger charge is -2.00.